The zero-order valence-corrected chi connectivity index (χ0v) is 9.12. The van der Waals surface area contributed by atoms with E-state index in [0.29, 0.717) is 0 Å². The molecular weight excluding hydrogens is 228 g/mol. The SMILES string of the molecule is C=CC(=O)NCC(=O)NCC(=O)NCC(N)=O. The van der Waals surface area contributed by atoms with Crippen LogP contribution in [-0.2, 0) is 19.2 Å². The Morgan fingerprint density at radius 2 is 1.41 bits per heavy atom. The van der Waals surface area contributed by atoms with Gasteiger partial charge in [0.2, 0.25) is 23.6 Å². The highest BCUT2D eigenvalue weighted by molar-refractivity contribution is 5.92. The predicted octanol–water partition coefficient (Wildman–Crippen LogP) is -2.99. The Bertz CT molecular complexity index is 340. The summed E-state index contributed by atoms with van der Waals surface area (Å²) in [6, 6.07) is 0. The Morgan fingerprint density at radius 3 is 1.88 bits per heavy atom. The molecule has 0 rings (SSSR count). The summed E-state index contributed by atoms with van der Waals surface area (Å²) in [5.41, 5.74) is 4.80. The van der Waals surface area contributed by atoms with E-state index < -0.39 is 23.6 Å². The number of carbonyl (C=O) groups excluding carboxylic acids is 4. The first-order valence-electron chi connectivity index (χ1n) is 4.67. The minimum Gasteiger partial charge on any atom is -0.368 e. The van der Waals surface area contributed by atoms with Crippen LogP contribution in [0.3, 0.4) is 0 Å². The molecule has 5 N–H and O–H groups in total. The molecule has 0 unspecified atom stereocenters. The van der Waals surface area contributed by atoms with E-state index >= 15 is 0 Å². The number of nitrogens with two attached hydrogens (primary N) is 1. The van der Waals surface area contributed by atoms with Crippen LogP contribution in [0.2, 0.25) is 0 Å². The molecule has 94 valence electrons. The van der Waals surface area contributed by atoms with Crippen molar-refractivity contribution in [2.45, 2.75) is 0 Å². The van der Waals surface area contributed by atoms with Crippen molar-refractivity contribution in [2.75, 3.05) is 19.6 Å². The van der Waals surface area contributed by atoms with E-state index in [9.17, 15) is 19.2 Å². The van der Waals surface area contributed by atoms with Crippen LogP contribution in [0.25, 0.3) is 0 Å². The first-order chi connectivity index (χ1) is 7.95. The zero-order chi connectivity index (χ0) is 13.3. The van der Waals surface area contributed by atoms with E-state index in [4.69, 9.17) is 5.73 Å². The van der Waals surface area contributed by atoms with Crippen molar-refractivity contribution in [3.05, 3.63) is 12.7 Å². The van der Waals surface area contributed by atoms with Crippen LogP contribution in [0, 0.1) is 0 Å². The fourth-order valence-electron chi connectivity index (χ4n) is 0.729. The van der Waals surface area contributed by atoms with E-state index in [0.717, 1.165) is 6.08 Å². The summed E-state index contributed by atoms with van der Waals surface area (Å²) in [5.74, 6) is -2.25. The lowest BCUT2D eigenvalue weighted by molar-refractivity contribution is -0.127. The third-order valence-corrected chi connectivity index (χ3v) is 1.51. The molecule has 0 aromatic rings. The number of primary amides is 1. The van der Waals surface area contributed by atoms with Crippen molar-refractivity contribution in [2.24, 2.45) is 5.73 Å². The molecule has 0 bridgehead atoms. The van der Waals surface area contributed by atoms with Gasteiger partial charge in [0.05, 0.1) is 19.6 Å². The van der Waals surface area contributed by atoms with Gasteiger partial charge in [-0.3, -0.25) is 19.2 Å². The Hall–Kier alpha value is -2.38. The van der Waals surface area contributed by atoms with Crippen LogP contribution in [0.15, 0.2) is 12.7 Å². The van der Waals surface area contributed by atoms with E-state index in [-0.39, 0.29) is 19.6 Å². The quantitative estimate of drug-likeness (QED) is 0.354. The van der Waals surface area contributed by atoms with Crippen molar-refractivity contribution >= 4 is 23.6 Å². The average molecular weight is 242 g/mol. The van der Waals surface area contributed by atoms with Gasteiger partial charge in [-0.05, 0) is 6.08 Å². The van der Waals surface area contributed by atoms with Crippen LogP contribution in [0.4, 0.5) is 0 Å². The number of hydrogen-bond acceptors (Lipinski definition) is 4. The topological polar surface area (TPSA) is 130 Å². The van der Waals surface area contributed by atoms with Crippen LogP contribution < -0.4 is 21.7 Å². The third kappa shape index (κ3) is 8.60. The molecule has 0 saturated heterocycles. The van der Waals surface area contributed by atoms with Gasteiger partial charge in [0.15, 0.2) is 0 Å². The van der Waals surface area contributed by atoms with Gasteiger partial charge in [-0.1, -0.05) is 6.58 Å². The second kappa shape index (κ2) is 7.85. The van der Waals surface area contributed by atoms with Crippen LogP contribution in [0.1, 0.15) is 0 Å². The highest BCUT2D eigenvalue weighted by Crippen LogP contribution is 1.70. The number of nitrogens with one attached hydrogen (secondary N) is 3. The summed E-state index contributed by atoms with van der Waals surface area (Å²) < 4.78 is 0. The Morgan fingerprint density at radius 1 is 0.941 bits per heavy atom. The van der Waals surface area contributed by atoms with Gasteiger partial charge in [0, 0.05) is 0 Å². The maximum atomic E-state index is 11.1. The fourth-order valence-corrected chi connectivity index (χ4v) is 0.729. The van der Waals surface area contributed by atoms with E-state index in [2.05, 4.69) is 22.5 Å². The molecule has 0 spiro atoms. The number of hydrogen-bond donors (Lipinski definition) is 4. The second-order valence-electron chi connectivity index (χ2n) is 2.94. The van der Waals surface area contributed by atoms with E-state index in [1.165, 1.54) is 0 Å². The zero-order valence-electron chi connectivity index (χ0n) is 9.12. The number of rotatable bonds is 7. The Labute approximate surface area is 97.6 Å². The normalized spacial score (nSPS) is 8.94. The molecule has 0 radical (unpaired) electrons. The lowest BCUT2D eigenvalue weighted by Crippen LogP contribution is -2.43. The van der Waals surface area contributed by atoms with Gasteiger partial charge >= 0.3 is 0 Å². The average Bonchev–Trinajstić information content (AvgIpc) is 2.30. The fraction of sp³-hybridized carbons (Fsp3) is 0.333. The molecule has 0 fully saturated rings. The van der Waals surface area contributed by atoms with Gasteiger partial charge < -0.3 is 21.7 Å². The molecule has 0 atom stereocenters. The maximum Gasteiger partial charge on any atom is 0.243 e. The minimum atomic E-state index is -0.678. The van der Waals surface area contributed by atoms with Crippen molar-refractivity contribution in [1.82, 2.24) is 16.0 Å². The summed E-state index contributed by atoms with van der Waals surface area (Å²) in [5, 5.41) is 6.65. The molecule has 8 heteroatoms. The van der Waals surface area contributed by atoms with Gasteiger partial charge in [-0.2, -0.15) is 0 Å². The van der Waals surface area contributed by atoms with Crippen molar-refractivity contribution in [3.8, 4) is 0 Å². The molecule has 17 heavy (non-hydrogen) atoms. The third-order valence-electron chi connectivity index (χ3n) is 1.51. The molecule has 8 nitrogen and oxygen atoms in total. The van der Waals surface area contributed by atoms with Crippen LogP contribution in [-0.4, -0.2) is 43.3 Å². The predicted molar refractivity (Wildman–Crippen MR) is 58.4 cm³/mol. The summed E-state index contributed by atoms with van der Waals surface area (Å²) in [7, 11) is 0. The second-order valence-corrected chi connectivity index (χ2v) is 2.94. The molecule has 0 aliphatic heterocycles. The van der Waals surface area contributed by atoms with Gasteiger partial charge in [-0.25, -0.2) is 0 Å². The van der Waals surface area contributed by atoms with Crippen molar-refractivity contribution < 1.29 is 19.2 Å². The Kier molecular flexibility index (Phi) is 6.75. The largest absolute Gasteiger partial charge is 0.368 e. The number of carbonyl (C=O) groups is 4. The van der Waals surface area contributed by atoms with Crippen LogP contribution >= 0.6 is 0 Å². The van der Waals surface area contributed by atoms with E-state index in [1.54, 1.807) is 0 Å². The molecule has 0 aromatic heterocycles. The van der Waals surface area contributed by atoms with Gasteiger partial charge in [-0.15, -0.1) is 0 Å². The summed E-state index contributed by atoms with van der Waals surface area (Å²) in [4.78, 5) is 43.1. The molecular formula is C9H14N4O4. The lowest BCUT2D eigenvalue weighted by atomic mass is 10.4. The number of amides is 4. The standard InChI is InChI=1S/C9H14N4O4/c1-2-7(15)12-4-9(17)13-5-8(16)11-3-6(10)14/h2H,1,3-5H2,(H2,10,14)(H,11,16)(H,12,15)(H,13,17). The Balaban J connectivity index is 3.69. The molecule has 0 heterocycles. The molecule has 0 saturated carbocycles. The molecule has 4 amide bonds. The monoisotopic (exact) mass is 242 g/mol. The lowest BCUT2D eigenvalue weighted by Gasteiger charge is -2.05. The summed E-state index contributed by atoms with van der Waals surface area (Å²) in [6.07, 6.45) is 1.02. The molecule has 0 aliphatic rings. The minimum absolute atomic E-state index is 0.256. The summed E-state index contributed by atoms with van der Waals surface area (Å²) in [6.45, 7) is 2.36. The van der Waals surface area contributed by atoms with Crippen LogP contribution in [0.5, 0.6) is 0 Å². The first-order valence-corrected chi connectivity index (χ1v) is 4.67. The molecule has 0 aromatic carbocycles. The first kappa shape index (κ1) is 14.6. The highest BCUT2D eigenvalue weighted by atomic mass is 16.2. The molecule has 0 aliphatic carbocycles. The maximum absolute atomic E-state index is 11.1. The summed E-state index contributed by atoms with van der Waals surface area (Å²) >= 11 is 0. The highest BCUT2D eigenvalue weighted by Gasteiger charge is 2.06. The van der Waals surface area contributed by atoms with Crippen molar-refractivity contribution in [1.29, 1.82) is 0 Å². The van der Waals surface area contributed by atoms with Crippen molar-refractivity contribution in [3.63, 3.8) is 0 Å². The van der Waals surface area contributed by atoms with Gasteiger partial charge in [0.1, 0.15) is 0 Å². The smallest absolute Gasteiger partial charge is 0.243 e. The van der Waals surface area contributed by atoms with E-state index in [1.807, 2.05) is 0 Å². The van der Waals surface area contributed by atoms with Gasteiger partial charge in [0.25, 0.3) is 0 Å².